The van der Waals surface area contributed by atoms with Gasteiger partial charge >= 0.3 is 0 Å². The van der Waals surface area contributed by atoms with Crippen molar-refractivity contribution >= 4 is 15.9 Å². The third-order valence-corrected chi connectivity index (χ3v) is 4.55. The zero-order valence-electron chi connectivity index (χ0n) is 12.7. The summed E-state index contributed by atoms with van der Waals surface area (Å²) in [4.78, 5) is 0. The average Bonchev–Trinajstić information content (AvgIpc) is 2.36. The van der Waals surface area contributed by atoms with Crippen molar-refractivity contribution in [3.8, 4) is 0 Å². The first-order valence-electron chi connectivity index (χ1n) is 7.51. The fourth-order valence-corrected chi connectivity index (χ4v) is 2.95. The summed E-state index contributed by atoms with van der Waals surface area (Å²) in [5.74, 6) is 1.48. The Morgan fingerprint density at radius 1 is 1.16 bits per heavy atom. The molecule has 0 radical (unpaired) electrons. The molecule has 0 heterocycles. The van der Waals surface area contributed by atoms with Gasteiger partial charge in [0, 0.05) is 10.5 Å². The lowest BCUT2D eigenvalue weighted by Gasteiger charge is -2.26. The quantitative estimate of drug-likeness (QED) is 0.705. The number of benzene rings is 1. The molecule has 108 valence electrons. The molecule has 0 bridgehead atoms. The van der Waals surface area contributed by atoms with E-state index in [4.69, 9.17) is 0 Å². The van der Waals surface area contributed by atoms with Crippen LogP contribution in [0.3, 0.4) is 0 Å². The minimum atomic E-state index is 0.565. The van der Waals surface area contributed by atoms with Crippen molar-refractivity contribution in [1.29, 1.82) is 0 Å². The van der Waals surface area contributed by atoms with Crippen LogP contribution < -0.4 is 5.32 Å². The zero-order chi connectivity index (χ0) is 14.3. The molecule has 1 rings (SSSR count). The Morgan fingerprint density at radius 3 is 2.42 bits per heavy atom. The molecule has 0 amide bonds. The molecule has 1 aromatic rings. The van der Waals surface area contributed by atoms with E-state index in [0.29, 0.717) is 12.0 Å². The minimum Gasteiger partial charge on any atom is -0.314 e. The maximum absolute atomic E-state index is 3.67. The van der Waals surface area contributed by atoms with E-state index in [1.807, 2.05) is 0 Å². The predicted molar refractivity (Wildman–Crippen MR) is 88.5 cm³/mol. The number of nitrogens with one attached hydrogen (secondary N) is 1. The van der Waals surface area contributed by atoms with Crippen LogP contribution in [0.2, 0.25) is 0 Å². The molecule has 1 nitrogen and oxygen atoms in total. The second kappa shape index (κ2) is 8.76. The van der Waals surface area contributed by atoms with Crippen LogP contribution in [0.1, 0.15) is 46.1 Å². The van der Waals surface area contributed by atoms with Gasteiger partial charge in [-0.2, -0.15) is 0 Å². The first kappa shape index (κ1) is 16.7. The molecule has 0 aliphatic heterocycles. The molecule has 0 aromatic heterocycles. The SMILES string of the molecule is CCCC(C)C(CNC(C)C)Cc1ccccc1Br. The minimum absolute atomic E-state index is 0.565. The van der Waals surface area contributed by atoms with Crippen LogP contribution in [-0.4, -0.2) is 12.6 Å². The van der Waals surface area contributed by atoms with E-state index in [1.165, 1.54) is 22.9 Å². The molecule has 0 saturated heterocycles. The molecule has 0 saturated carbocycles. The van der Waals surface area contributed by atoms with E-state index in [2.05, 4.69) is 73.2 Å². The van der Waals surface area contributed by atoms with E-state index in [-0.39, 0.29) is 0 Å². The monoisotopic (exact) mass is 325 g/mol. The molecule has 0 spiro atoms. The van der Waals surface area contributed by atoms with Gasteiger partial charge in [0.15, 0.2) is 0 Å². The van der Waals surface area contributed by atoms with Gasteiger partial charge in [-0.25, -0.2) is 0 Å². The van der Waals surface area contributed by atoms with Crippen LogP contribution >= 0.6 is 15.9 Å². The molecule has 0 aliphatic carbocycles. The van der Waals surface area contributed by atoms with Crippen molar-refractivity contribution in [2.24, 2.45) is 11.8 Å². The molecule has 0 fully saturated rings. The van der Waals surface area contributed by atoms with E-state index in [1.54, 1.807) is 0 Å². The Morgan fingerprint density at radius 2 is 1.84 bits per heavy atom. The van der Waals surface area contributed by atoms with Gasteiger partial charge in [0.05, 0.1) is 0 Å². The van der Waals surface area contributed by atoms with E-state index >= 15 is 0 Å². The van der Waals surface area contributed by atoms with Crippen LogP contribution in [0.4, 0.5) is 0 Å². The van der Waals surface area contributed by atoms with Gasteiger partial charge in [-0.15, -0.1) is 0 Å². The van der Waals surface area contributed by atoms with Crippen molar-refractivity contribution in [2.75, 3.05) is 6.54 Å². The molecule has 2 atom stereocenters. The Hall–Kier alpha value is -0.340. The molecule has 1 aromatic carbocycles. The summed E-state index contributed by atoms with van der Waals surface area (Å²) in [6.45, 7) is 10.2. The summed E-state index contributed by atoms with van der Waals surface area (Å²) < 4.78 is 1.24. The molecular weight excluding hydrogens is 298 g/mol. The maximum atomic E-state index is 3.67. The Kier molecular flexibility index (Phi) is 7.70. The van der Waals surface area contributed by atoms with Crippen molar-refractivity contribution in [3.05, 3.63) is 34.3 Å². The summed E-state index contributed by atoms with van der Waals surface area (Å²) in [5.41, 5.74) is 1.43. The lowest BCUT2D eigenvalue weighted by molar-refractivity contribution is 0.310. The highest BCUT2D eigenvalue weighted by Crippen LogP contribution is 2.25. The summed E-state index contributed by atoms with van der Waals surface area (Å²) in [5, 5.41) is 3.61. The van der Waals surface area contributed by atoms with Crippen LogP contribution in [0.25, 0.3) is 0 Å². The normalized spacial score (nSPS) is 14.6. The van der Waals surface area contributed by atoms with Crippen molar-refractivity contribution in [1.82, 2.24) is 5.32 Å². The standard InChI is InChI=1S/C17H28BrN/c1-5-8-14(4)16(12-19-13(2)3)11-15-9-6-7-10-17(15)18/h6-7,9-10,13-14,16,19H,5,8,11-12H2,1-4H3. The lowest BCUT2D eigenvalue weighted by atomic mass is 9.85. The second-order valence-electron chi connectivity index (χ2n) is 5.88. The summed E-state index contributed by atoms with van der Waals surface area (Å²) >= 11 is 3.67. The molecule has 0 aliphatic rings. The Bertz CT molecular complexity index is 362. The molecule has 1 N–H and O–H groups in total. The van der Waals surface area contributed by atoms with Crippen LogP contribution in [-0.2, 0) is 6.42 Å². The van der Waals surface area contributed by atoms with E-state index in [9.17, 15) is 0 Å². The summed E-state index contributed by atoms with van der Waals surface area (Å²) in [7, 11) is 0. The van der Waals surface area contributed by atoms with Gasteiger partial charge in [-0.05, 0) is 36.4 Å². The average molecular weight is 326 g/mol. The number of rotatable bonds is 8. The Balaban J connectivity index is 2.70. The molecular formula is C17H28BrN. The van der Waals surface area contributed by atoms with Crippen LogP contribution in [0.15, 0.2) is 28.7 Å². The summed E-state index contributed by atoms with van der Waals surface area (Å²) in [6, 6.07) is 9.18. The fraction of sp³-hybridized carbons (Fsp3) is 0.647. The van der Waals surface area contributed by atoms with Gasteiger partial charge < -0.3 is 5.32 Å². The van der Waals surface area contributed by atoms with Gasteiger partial charge in [-0.1, -0.05) is 74.7 Å². The largest absolute Gasteiger partial charge is 0.314 e. The van der Waals surface area contributed by atoms with Gasteiger partial charge in [-0.3, -0.25) is 0 Å². The summed E-state index contributed by atoms with van der Waals surface area (Å²) in [6.07, 6.45) is 3.74. The maximum Gasteiger partial charge on any atom is 0.0207 e. The molecule has 2 heteroatoms. The topological polar surface area (TPSA) is 12.0 Å². The van der Waals surface area contributed by atoms with Crippen LogP contribution in [0.5, 0.6) is 0 Å². The van der Waals surface area contributed by atoms with Crippen molar-refractivity contribution < 1.29 is 0 Å². The molecule has 19 heavy (non-hydrogen) atoms. The second-order valence-corrected chi connectivity index (χ2v) is 6.74. The number of hydrogen-bond donors (Lipinski definition) is 1. The van der Waals surface area contributed by atoms with E-state index < -0.39 is 0 Å². The highest BCUT2D eigenvalue weighted by atomic mass is 79.9. The first-order valence-corrected chi connectivity index (χ1v) is 8.30. The van der Waals surface area contributed by atoms with E-state index in [0.717, 1.165) is 18.9 Å². The highest BCUT2D eigenvalue weighted by molar-refractivity contribution is 9.10. The lowest BCUT2D eigenvalue weighted by Crippen LogP contribution is -2.33. The smallest absolute Gasteiger partial charge is 0.0207 e. The highest BCUT2D eigenvalue weighted by Gasteiger charge is 2.18. The van der Waals surface area contributed by atoms with Gasteiger partial charge in [0.2, 0.25) is 0 Å². The fourth-order valence-electron chi connectivity index (χ4n) is 2.50. The van der Waals surface area contributed by atoms with Crippen LogP contribution in [0, 0.1) is 11.8 Å². The Labute approximate surface area is 127 Å². The first-order chi connectivity index (χ1) is 9.04. The zero-order valence-corrected chi connectivity index (χ0v) is 14.3. The van der Waals surface area contributed by atoms with Gasteiger partial charge in [0.25, 0.3) is 0 Å². The third kappa shape index (κ3) is 6.09. The predicted octanol–water partition coefficient (Wildman–Crippen LogP) is 5.04. The number of hydrogen-bond acceptors (Lipinski definition) is 1. The van der Waals surface area contributed by atoms with Gasteiger partial charge in [0.1, 0.15) is 0 Å². The number of halogens is 1. The third-order valence-electron chi connectivity index (χ3n) is 3.78. The van der Waals surface area contributed by atoms with Crippen molar-refractivity contribution in [2.45, 2.75) is 53.0 Å². The van der Waals surface area contributed by atoms with Crippen molar-refractivity contribution in [3.63, 3.8) is 0 Å². The molecule has 2 unspecified atom stereocenters.